The van der Waals surface area contributed by atoms with Crippen molar-refractivity contribution in [1.82, 2.24) is 31.9 Å². The Morgan fingerprint density at radius 2 is 1.59 bits per heavy atom. The molecule has 14 N–H and O–H groups in total. The lowest BCUT2D eigenvalue weighted by molar-refractivity contribution is -0.135. The molecular weight excluding hydrogens is 662 g/mol. The van der Waals surface area contributed by atoms with Crippen LogP contribution in [-0.4, -0.2) is 97.2 Å². The maximum absolute atomic E-state index is 13.8. The fourth-order valence-corrected chi connectivity index (χ4v) is 5.33. The smallest absolute Gasteiger partial charge is 0.243 e. The van der Waals surface area contributed by atoms with Crippen LogP contribution in [0.15, 0.2) is 35.3 Å². The van der Waals surface area contributed by atoms with E-state index in [9.17, 15) is 33.6 Å². The van der Waals surface area contributed by atoms with Crippen molar-refractivity contribution in [2.45, 2.75) is 95.4 Å². The Kier molecular flexibility index (Phi) is 17.9. The van der Waals surface area contributed by atoms with Crippen molar-refractivity contribution >= 4 is 47.3 Å². The number of carbonyl (C=O) groups is 7. The van der Waals surface area contributed by atoms with Crippen molar-refractivity contribution in [3.8, 4) is 0 Å². The molecule has 0 spiro atoms. The van der Waals surface area contributed by atoms with E-state index in [0.717, 1.165) is 5.56 Å². The molecule has 0 aromatic heterocycles. The van der Waals surface area contributed by atoms with Gasteiger partial charge in [0.2, 0.25) is 41.4 Å². The number of nitrogens with one attached hydrogen (secondary N) is 6. The molecule has 0 unspecified atom stereocenters. The fraction of sp³-hybridized carbons (Fsp3) is 0.576. The monoisotopic (exact) mass is 715 g/mol. The first-order chi connectivity index (χ1) is 24.2. The number of carbonyl (C=O) groups excluding carboxylic acids is 7. The highest BCUT2D eigenvalue weighted by atomic mass is 16.2. The van der Waals surface area contributed by atoms with Crippen LogP contribution in [0.2, 0.25) is 0 Å². The summed E-state index contributed by atoms with van der Waals surface area (Å²) in [5, 5.41) is 15.8. The third-order valence-corrected chi connectivity index (χ3v) is 7.96. The van der Waals surface area contributed by atoms with Crippen LogP contribution in [0.4, 0.5) is 0 Å². The van der Waals surface area contributed by atoms with Crippen LogP contribution in [0.25, 0.3) is 0 Å². The molecule has 18 heteroatoms. The Balaban J connectivity index is 2.42. The molecule has 0 radical (unpaired) electrons. The highest BCUT2D eigenvalue weighted by molar-refractivity contribution is 5.97. The Bertz CT molecular complexity index is 1390. The van der Waals surface area contributed by atoms with Crippen molar-refractivity contribution in [2.75, 3.05) is 19.6 Å². The van der Waals surface area contributed by atoms with Crippen molar-refractivity contribution in [2.24, 2.45) is 33.8 Å². The van der Waals surface area contributed by atoms with E-state index in [1.54, 1.807) is 24.3 Å². The van der Waals surface area contributed by atoms with Crippen molar-refractivity contribution in [3.05, 3.63) is 35.9 Å². The molecular formula is C33H53N11O7. The van der Waals surface area contributed by atoms with Gasteiger partial charge >= 0.3 is 0 Å². The Morgan fingerprint density at radius 3 is 2.22 bits per heavy atom. The summed E-state index contributed by atoms with van der Waals surface area (Å²) in [6.45, 7) is 3.63. The Morgan fingerprint density at radius 1 is 0.922 bits per heavy atom. The van der Waals surface area contributed by atoms with Gasteiger partial charge < -0.3 is 54.8 Å². The maximum atomic E-state index is 13.8. The van der Waals surface area contributed by atoms with Crippen LogP contribution in [-0.2, 0) is 40.0 Å². The predicted octanol–water partition coefficient (Wildman–Crippen LogP) is -3.11. The van der Waals surface area contributed by atoms with Crippen LogP contribution < -0.4 is 54.8 Å². The summed E-state index contributed by atoms with van der Waals surface area (Å²) in [6.07, 6.45) is 0.979. The van der Waals surface area contributed by atoms with Gasteiger partial charge in [0.25, 0.3) is 0 Å². The zero-order chi connectivity index (χ0) is 37.9. The molecule has 0 bridgehead atoms. The minimum Gasteiger partial charge on any atom is -0.370 e. The average Bonchev–Trinajstić information content (AvgIpc) is 3.07. The van der Waals surface area contributed by atoms with Crippen LogP contribution >= 0.6 is 0 Å². The molecule has 0 aliphatic carbocycles. The molecule has 51 heavy (non-hydrogen) atoms. The van der Waals surface area contributed by atoms with Gasteiger partial charge in [-0.2, -0.15) is 0 Å². The Labute approximate surface area is 297 Å². The standard InChI is InChI=1S/C33H53N11O7/c1-19(2)15-24-31(50)42-22(12-8-14-39-33(36)37)29(48)43-23(28(35)47)17-26(45)38-13-7-6-11-21(30(49)44-24)41-32(51)25(40-27(46)18-34)16-20-9-4-3-5-10-20/h3-5,9-10,19,21-25H,6-8,11-18,34H2,1-2H3,(H2,35,47)(H,38,45)(H,40,46)(H,41,51)(H,42,50)(H,43,48)(H,44,49)(H4,36,37,39)/t21-,22-,23-,24-,25-/m0/s1. The van der Waals surface area contributed by atoms with Crippen LogP contribution in [0.5, 0.6) is 0 Å². The number of rotatable bonds is 13. The quantitative estimate of drug-likeness (QED) is 0.0557. The topological polar surface area (TPSA) is 308 Å². The lowest BCUT2D eigenvalue weighted by Crippen LogP contribution is -2.59. The number of benzene rings is 1. The molecule has 1 aromatic rings. The molecule has 1 fully saturated rings. The predicted molar refractivity (Wildman–Crippen MR) is 189 cm³/mol. The van der Waals surface area contributed by atoms with E-state index >= 15 is 0 Å². The maximum Gasteiger partial charge on any atom is 0.243 e. The van der Waals surface area contributed by atoms with E-state index in [0.29, 0.717) is 12.8 Å². The SMILES string of the molecule is CC(C)C[C@@H]1NC(=O)[C@@H](NC(=O)[C@H](Cc2ccccc2)NC(=O)CN)CCCCNC(=O)C[C@@H](C(N)=O)NC(=O)[C@H](CCCN=C(N)N)NC1=O. The molecule has 282 valence electrons. The summed E-state index contributed by atoms with van der Waals surface area (Å²) < 4.78 is 0. The number of guanidine groups is 1. The first-order valence-electron chi connectivity index (χ1n) is 17.1. The van der Waals surface area contributed by atoms with Gasteiger partial charge in [-0.15, -0.1) is 0 Å². The van der Waals surface area contributed by atoms with Gasteiger partial charge in [0.15, 0.2) is 5.96 Å². The number of primary amides is 1. The summed E-state index contributed by atoms with van der Waals surface area (Å²) in [7, 11) is 0. The van der Waals surface area contributed by atoms with E-state index in [-0.39, 0.29) is 63.6 Å². The molecule has 1 heterocycles. The molecule has 1 aliphatic heterocycles. The highest BCUT2D eigenvalue weighted by Crippen LogP contribution is 2.11. The lowest BCUT2D eigenvalue weighted by Gasteiger charge is -2.27. The zero-order valence-corrected chi connectivity index (χ0v) is 29.2. The van der Waals surface area contributed by atoms with E-state index in [1.807, 2.05) is 19.9 Å². The summed E-state index contributed by atoms with van der Waals surface area (Å²) >= 11 is 0. The van der Waals surface area contributed by atoms with Gasteiger partial charge in [-0.05, 0) is 50.0 Å². The number of amides is 7. The second-order valence-electron chi connectivity index (χ2n) is 12.8. The third kappa shape index (κ3) is 15.9. The van der Waals surface area contributed by atoms with Crippen molar-refractivity contribution in [1.29, 1.82) is 0 Å². The van der Waals surface area contributed by atoms with Gasteiger partial charge in [-0.25, -0.2) is 0 Å². The Hall–Kier alpha value is -5.26. The number of nitrogens with zero attached hydrogens (tertiary/aromatic N) is 1. The van der Waals surface area contributed by atoms with Crippen LogP contribution in [0, 0.1) is 5.92 Å². The normalized spacial score (nSPS) is 21.5. The second kappa shape index (κ2) is 21.7. The minimum absolute atomic E-state index is 0.0321. The summed E-state index contributed by atoms with van der Waals surface area (Å²) in [5.74, 6) is -5.10. The lowest BCUT2D eigenvalue weighted by atomic mass is 10.00. The van der Waals surface area contributed by atoms with Crippen LogP contribution in [0.3, 0.4) is 0 Å². The first-order valence-corrected chi connectivity index (χ1v) is 17.1. The number of hydrogen-bond donors (Lipinski definition) is 10. The van der Waals surface area contributed by atoms with Crippen LogP contribution in [0.1, 0.15) is 64.4 Å². The van der Waals surface area contributed by atoms with Gasteiger partial charge in [-0.1, -0.05) is 44.2 Å². The third-order valence-electron chi connectivity index (χ3n) is 7.96. The first kappa shape index (κ1) is 41.9. The summed E-state index contributed by atoms with van der Waals surface area (Å²) in [6, 6.07) is 3.05. The molecule has 7 amide bonds. The number of aliphatic imine (C=N–C) groups is 1. The molecule has 1 saturated heterocycles. The van der Waals surface area contributed by atoms with Crippen molar-refractivity contribution < 1.29 is 33.6 Å². The number of nitrogens with two attached hydrogens (primary N) is 4. The van der Waals surface area contributed by atoms with E-state index in [4.69, 9.17) is 22.9 Å². The molecule has 2 rings (SSSR count). The summed E-state index contributed by atoms with van der Waals surface area (Å²) in [5.41, 5.74) is 22.5. The molecule has 1 aliphatic rings. The molecule has 1 aromatic carbocycles. The van der Waals surface area contributed by atoms with Gasteiger partial charge in [-0.3, -0.25) is 38.6 Å². The van der Waals surface area contributed by atoms with Gasteiger partial charge in [0.1, 0.15) is 30.2 Å². The van der Waals surface area contributed by atoms with Crippen molar-refractivity contribution in [3.63, 3.8) is 0 Å². The van der Waals surface area contributed by atoms with E-state index in [2.05, 4.69) is 36.9 Å². The molecule has 0 saturated carbocycles. The molecule has 5 atom stereocenters. The highest BCUT2D eigenvalue weighted by Gasteiger charge is 2.33. The number of hydrogen-bond acceptors (Lipinski definition) is 9. The van der Waals surface area contributed by atoms with Gasteiger partial charge in [0, 0.05) is 19.5 Å². The second-order valence-corrected chi connectivity index (χ2v) is 12.8. The summed E-state index contributed by atoms with van der Waals surface area (Å²) in [4.78, 5) is 95.6. The van der Waals surface area contributed by atoms with E-state index in [1.165, 1.54) is 0 Å². The van der Waals surface area contributed by atoms with Gasteiger partial charge in [0.05, 0.1) is 13.0 Å². The fourth-order valence-electron chi connectivity index (χ4n) is 5.33. The average molecular weight is 716 g/mol. The zero-order valence-electron chi connectivity index (χ0n) is 29.2. The largest absolute Gasteiger partial charge is 0.370 e. The molecule has 18 nitrogen and oxygen atoms in total. The van der Waals surface area contributed by atoms with E-state index < -0.39 is 78.0 Å². The minimum atomic E-state index is -1.36.